The first kappa shape index (κ1) is 13.7. The van der Waals surface area contributed by atoms with Crippen LogP contribution >= 0.6 is 11.6 Å². The first-order valence-electron chi connectivity index (χ1n) is 6.12. The summed E-state index contributed by atoms with van der Waals surface area (Å²) in [5, 5.41) is 12.3. The zero-order valence-electron chi connectivity index (χ0n) is 10.5. The molecule has 1 saturated heterocycles. The molecule has 102 valence electrons. The van der Waals surface area contributed by atoms with E-state index in [1.54, 1.807) is 18.2 Å². The van der Waals surface area contributed by atoms with Crippen molar-refractivity contribution < 1.29 is 14.7 Å². The van der Waals surface area contributed by atoms with Gasteiger partial charge < -0.3 is 15.3 Å². The molecule has 1 aliphatic heterocycles. The maximum Gasteiger partial charge on any atom is 0.339 e. The molecule has 0 aromatic heterocycles. The van der Waals surface area contributed by atoms with Crippen molar-refractivity contribution in [2.24, 2.45) is 0 Å². The van der Waals surface area contributed by atoms with Gasteiger partial charge in [-0.1, -0.05) is 24.6 Å². The molecule has 5 nitrogen and oxygen atoms in total. The number of piperazine rings is 1. The highest BCUT2D eigenvalue weighted by atomic mass is 35.5. The maximum absolute atomic E-state index is 11.8. The molecule has 1 amide bonds. The van der Waals surface area contributed by atoms with Gasteiger partial charge in [0.05, 0.1) is 10.7 Å². The van der Waals surface area contributed by atoms with Gasteiger partial charge in [0, 0.05) is 13.1 Å². The van der Waals surface area contributed by atoms with Crippen LogP contribution < -0.4 is 10.2 Å². The second kappa shape index (κ2) is 5.48. The molecular formula is C13H15ClN2O3. The number of carbonyl (C=O) groups excluding carboxylic acids is 1. The average Bonchev–Trinajstić information content (AvgIpc) is 2.37. The van der Waals surface area contributed by atoms with Gasteiger partial charge in [-0.05, 0) is 18.6 Å². The van der Waals surface area contributed by atoms with Crippen molar-refractivity contribution in [3.8, 4) is 0 Å². The van der Waals surface area contributed by atoms with Crippen molar-refractivity contribution in [2.75, 3.05) is 18.0 Å². The minimum absolute atomic E-state index is 0.0531. The normalized spacial score (nSPS) is 19.2. The van der Waals surface area contributed by atoms with Gasteiger partial charge in [0.25, 0.3) is 0 Å². The molecule has 2 N–H and O–H groups in total. The summed E-state index contributed by atoms with van der Waals surface area (Å²) in [4.78, 5) is 25.0. The van der Waals surface area contributed by atoms with Gasteiger partial charge in [-0.25, -0.2) is 4.79 Å². The molecule has 1 unspecified atom stereocenters. The third-order valence-electron chi connectivity index (χ3n) is 3.23. The van der Waals surface area contributed by atoms with Gasteiger partial charge in [0.2, 0.25) is 5.91 Å². The topological polar surface area (TPSA) is 69.6 Å². The predicted molar refractivity (Wildman–Crippen MR) is 72.8 cm³/mol. The van der Waals surface area contributed by atoms with E-state index >= 15 is 0 Å². The first-order valence-corrected chi connectivity index (χ1v) is 6.50. The first-order chi connectivity index (χ1) is 9.06. The number of halogens is 1. The molecule has 1 aromatic rings. The number of carboxylic acids is 1. The van der Waals surface area contributed by atoms with Gasteiger partial charge in [-0.2, -0.15) is 0 Å². The smallest absolute Gasteiger partial charge is 0.339 e. The third kappa shape index (κ3) is 2.51. The molecule has 2 rings (SSSR count). The van der Waals surface area contributed by atoms with Crippen LogP contribution in [0.4, 0.5) is 5.69 Å². The van der Waals surface area contributed by atoms with E-state index in [9.17, 15) is 14.7 Å². The number of nitrogens with one attached hydrogen (secondary N) is 1. The molecule has 0 aliphatic carbocycles. The molecule has 0 bridgehead atoms. The van der Waals surface area contributed by atoms with Gasteiger partial charge >= 0.3 is 5.97 Å². The average molecular weight is 283 g/mol. The van der Waals surface area contributed by atoms with Crippen molar-refractivity contribution in [3.05, 3.63) is 28.8 Å². The molecule has 1 heterocycles. The molecule has 19 heavy (non-hydrogen) atoms. The van der Waals surface area contributed by atoms with E-state index < -0.39 is 5.97 Å². The van der Waals surface area contributed by atoms with Gasteiger partial charge in [-0.3, -0.25) is 4.79 Å². The summed E-state index contributed by atoms with van der Waals surface area (Å²) in [5.74, 6) is -1.16. The van der Waals surface area contributed by atoms with Crippen molar-refractivity contribution in [1.82, 2.24) is 5.32 Å². The highest BCUT2D eigenvalue weighted by molar-refractivity contribution is 6.34. The Morgan fingerprint density at radius 1 is 1.58 bits per heavy atom. The van der Waals surface area contributed by atoms with E-state index in [-0.39, 0.29) is 22.5 Å². The lowest BCUT2D eigenvalue weighted by molar-refractivity contribution is -0.123. The van der Waals surface area contributed by atoms with Crippen LogP contribution in [0.5, 0.6) is 0 Å². The quantitative estimate of drug-likeness (QED) is 0.886. The van der Waals surface area contributed by atoms with Crippen LogP contribution in [-0.2, 0) is 4.79 Å². The molecule has 0 saturated carbocycles. The van der Waals surface area contributed by atoms with E-state index in [0.29, 0.717) is 25.2 Å². The van der Waals surface area contributed by atoms with Crippen LogP contribution in [0.15, 0.2) is 18.2 Å². The molecule has 6 heteroatoms. The molecule has 1 fully saturated rings. The van der Waals surface area contributed by atoms with E-state index in [2.05, 4.69) is 5.32 Å². The lowest BCUT2D eigenvalue weighted by atomic mass is 10.1. The van der Waals surface area contributed by atoms with Crippen LogP contribution in [0, 0.1) is 0 Å². The van der Waals surface area contributed by atoms with E-state index in [0.717, 1.165) is 0 Å². The summed E-state index contributed by atoms with van der Waals surface area (Å²) in [7, 11) is 0. The Labute approximate surface area is 116 Å². The van der Waals surface area contributed by atoms with Gasteiger partial charge in [0.1, 0.15) is 11.6 Å². The minimum Gasteiger partial charge on any atom is -0.478 e. The lowest BCUT2D eigenvalue weighted by Gasteiger charge is -2.37. The molecule has 1 aromatic carbocycles. The number of hydrogen-bond acceptors (Lipinski definition) is 3. The molecular weight excluding hydrogens is 268 g/mol. The van der Waals surface area contributed by atoms with E-state index in [4.69, 9.17) is 11.6 Å². The Morgan fingerprint density at radius 2 is 2.32 bits per heavy atom. The van der Waals surface area contributed by atoms with E-state index in [1.807, 2.05) is 11.8 Å². The molecule has 0 spiro atoms. The summed E-state index contributed by atoms with van der Waals surface area (Å²) in [6, 6.07) is 4.57. The largest absolute Gasteiger partial charge is 0.478 e. The monoisotopic (exact) mass is 282 g/mol. The number of carbonyl (C=O) groups is 2. The van der Waals surface area contributed by atoms with Crippen molar-refractivity contribution in [3.63, 3.8) is 0 Å². The third-order valence-corrected chi connectivity index (χ3v) is 3.55. The fraction of sp³-hybridized carbons (Fsp3) is 0.385. The summed E-state index contributed by atoms with van der Waals surface area (Å²) in [6.07, 6.45) is 0.609. The van der Waals surface area contributed by atoms with E-state index in [1.165, 1.54) is 0 Å². The Morgan fingerprint density at radius 3 is 2.95 bits per heavy atom. The molecule has 1 aliphatic rings. The highest BCUT2D eigenvalue weighted by Gasteiger charge is 2.31. The second-order valence-electron chi connectivity index (χ2n) is 4.35. The summed E-state index contributed by atoms with van der Waals surface area (Å²) in [5.41, 5.74) is 0.555. The lowest BCUT2D eigenvalue weighted by Crippen LogP contribution is -2.55. The summed E-state index contributed by atoms with van der Waals surface area (Å²) < 4.78 is 0. The van der Waals surface area contributed by atoms with Crippen LogP contribution in [0.25, 0.3) is 0 Å². The van der Waals surface area contributed by atoms with Crippen LogP contribution in [0.1, 0.15) is 23.7 Å². The highest BCUT2D eigenvalue weighted by Crippen LogP contribution is 2.30. The zero-order chi connectivity index (χ0) is 14.0. The van der Waals surface area contributed by atoms with Crippen LogP contribution in [-0.4, -0.2) is 36.1 Å². The molecule has 1 atom stereocenters. The van der Waals surface area contributed by atoms with Crippen molar-refractivity contribution >= 4 is 29.2 Å². The zero-order valence-corrected chi connectivity index (χ0v) is 11.3. The Kier molecular flexibility index (Phi) is 3.95. The number of benzene rings is 1. The predicted octanol–water partition coefficient (Wildman–Crippen LogP) is 1.75. The van der Waals surface area contributed by atoms with Gasteiger partial charge in [0.15, 0.2) is 0 Å². The Bertz CT molecular complexity index is 519. The number of rotatable bonds is 3. The summed E-state index contributed by atoms with van der Waals surface area (Å²) >= 11 is 5.96. The fourth-order valence-corrected chi connectivity index (χ4v) is 2.62. The fourth-order valence-electron chi connectivity index (χ4n) is 2.37. The molecule has 0 radical (unpaired) electrons. The van der Waals surface area contributed by atoms with Crippen molar-refractivity contribution in [2.45, 2.75) is 19.4 Å². The number of carboxylic acid groups (broad SMARTS) is 1. The van der Waals surface area contributed by atoms with Crippen molar-refractivity contribution in [1.29, 1.82) is 0 Å². The number of hydrogen-bond donors (Lipinski definition) is 2. The van der Waals surface area contributed by atoms with Gasteiger partial charge in [-0.15, -0.1) is 0 Å². The standard InChI is InChI=1S/C13H15ClN2O3/c1-2-9-12(17)15-6-7-16(9)10-5-3-4-8(14)11(10)13(18)19/h3-5,9H,2,6-7H2,1H3,(H,15,17)(H,18,19). The second-order valence-corrected chi connectivity index (χ2v) is 4.75. The van der Waals surface area contributed by atoms with Crippen LogP contribution in [0.3, 0.4) is 0 Å². The maximum atomic E-state index is 11.8. The minimum atomic E-state index is -1.08. The number of nitrogens with zero attached hydrogens (tertiary/aromatic N) is 1. The summed E-state index contributed by atoms with van der Waals surface area (Å²) in [6.45, 7) is 2.97. The Hall–Kier alpha value is -1.75. The Balaban J connectivity index is 2.48. The SMILES string of the molecule is CCC1C(=O)NCCN1c1cccc(Cl)c1C(=O)O. The number of aromatic carboxylic acids is 1. The van der Waals surface area contributed by atoms with Crippen LogP contribution in [0.2, 0.25) is 5.02 Å². The number of anilines is 1. The number of amides is 1.